The highest BCUT2D eigenvalue weighted by Gasteiger charge is 2.41. The van der Waals surface area contributed by atoms with Crippen molar-refractivity contribution in [1.82, 2.24) is 0 Å². The van der Waals surface area contributed by atoms with Crippen LogP contribution in [0.3, 0.4) is 0 Å². The number of benzene rings is 1. The monoisotopic (exact) mass is 249 g/mol. The summed E-state index contributed by atoms with van der Waals surface area (Å²) in [5.74, 6) is -1.95. The summed E-state index contributed by atoms with van der Waals surface area (Å²) < 4.78 is 0. The SMILES string of the molecule is Cc1ccc(N2C(C(=O)O)CCC2C(=O)O)cc1. The number of carboxylic acid groups (broad SMARTS) is 2. The van der Waals surface area contributed by atoms with Crippen LogP contribution in [0.15, 0.2) is 24.3 Å². The van der Waals surface area contributed by atoms with Crippen LogP contribution in [0, 0.1) is 6.92 Å². The van der Waals surface area contributed by atoms with Crippen LogP contribution in [-0.2, 0) is 9.59 Å². The van der Waals surface area contributed by atoms with E-state index in [1.165, 1.54) is 4.90 Å². The highest BCUT2D eigenvalue weighted by molar-refractivity contribution is 5.86. The van der Waals surface area contributed by atoms with Crippen LogP contribution >= 0.6 is 0 Å². The number of aliphatic carboxylic acids is 2. The average Bonchev–Trinajstić information content (AvgIpc) is 2.74. The van der Waals surface area contributed by atoms with Gasteiger partial charge in [-0.1, -0.05) is 17.7 Å². The standard InChI is InChI=1S/C13H15NO4/c1-8-2-4-9(5-3-8)14-10(12(15)16)6-7-11(14)13(17)18/h2-5,10-11H,6-7H2,1H3,(H,15,16)(H,17,18). The van der Waals surface area contributed by atoms with Gasteiger partial charge in [-0.3, -0.25) is 0 Å². The van der Waals surface area contributed by atoms with Crippen molar-refractivity contribution in [3.8, 4) is 0 Å². The van der Waals surface area contributed by atoms with E-state index in [2.05, 4.69) is 0 Å². The molecule has 1 aliphatic rings. The van der Waals surface area contributed by atoms with E-state index in [4.69, 9.17) is 10.2 Å². The summed E-state index contributed by atoms with van der Waals surface area (Å²) in [5.41, 5.74) is 1.70. The molecule has 2 N–H and O–H groups in total. The normalized spacial score (nSPS) is 23.1. The predicted octanol–water partition coefficient (Wildman–Crippen LogP) is 1.50. The van der Waals surface area contributed by atoms with Gasteiger partial charge in [0.2, 0.25) is 0 Å². The van der Waals surface area contributed by atoms with Crippen molar-refractivity contribution in [2.75, 3.05) is 4.90 Å². The lowest BCUT2D eigenvalue weighted by molar-refractivity contribution is -0.139. The molecular weight excluding hydrogens is 234 g/mol. The van der Waals surface area contributed by atoms with Gasteiger partial charge in [0.15, 0.2) is 0 Å². The first kappa shape index (κ1) is 12.4. The van der Waals surface area contributed by atoms with E-state index < -0.39 is 24.0 Å². The molecule has 1 aliphatic heterocycles. The van der Waals surface area contributed by atoms with E-state index in [1.54, 1.807) is 12.1 Å². The van der Waals surface area contributed by atoms with E-state index in [0.29, 0.717) is 18.5 Å². The number of nitrogens with zero attached hydrogens (tertiary/aromatic N) is 1. The Balaban J connectivity index is 2.37. The Labute approximate surface area is 105 Å². The van der Waals surface area contributed by atoms with Crippen molar-refractivity contribution >= 4 is 17.6 Å². The predicted molar refractivity (Wildman–Crippen MR) is 65.7 cm³/mol. The van der Waals surface area contributed by atoms with Gasteiger partial charge in [0.25, 0.3) is 0 Å². The molecule has 0 radical (unpaired) electrons. The van der Waals surface area contributed by atoms with Crippen LogP contribution in [-0.4, -0.2) is 34.2 Å². The summed E-state index contributed by atoms with van der Waals surface area (Å²) in [7, 11) is 0. The van der Waals surface area contributed by atoms with Gasteiger partial charge >= 0.3 is 11.9 Å². The van der Waals surface area contributed by atoms with Gasteiger partial charge in [0.1, 0.15) is 12.1 Å². The molecule has 96 valence electrons. The second-order valence-electron chi connectivity index (χ2n) is 4.53. The first-order chi connectivity index (χ1) is 8.50. The topological polar surface area (TPSA) is 77.8 Å². The lowest BCUT2D eigenvalue weighted by Gasteiger charge is -2.28. The Bertz CT molecular complexity index is 446. The van der Waals surface area contributed by atoms with Crippen LogP contribution in [0.5, 0.6) is 0 Å². The summed E-state index contributed by atoms with van der Waals surface area (Å²) in [5, 5.41) is 18.3. The van der Waals surface area contributed by atoms with Crippen molar-refractivity contribution in [3.63, 3.8) is 0 Å². The van der Waals surface area contributed by atoms with Gasteiger partial charge in [0.05, 0.1) is 0 Å². The van der Waals surface area contributed by atoms with E-state index >= 15 is 0 Å². The number of aryl methyl sites for hydroxylation is 1. The fourth-order valence-corrected chi connectivity index (χ4v) is 2.37. The molecule has 1 aromatic rings. The second-order valence-corrected chi connectivity index (χ2v) is 4.53. The molecule has 0 aromatic heterocycles. The lowest BCUT2D eigenvalue weighted by atomic mass is 10.2. The van der Waals surface area contributed by atoms with E-state index in [9.17, 15) is 9.59 Å². The average molecular weight is 249 g/mol. The molecule has 5 nitrogen and oxygen atoms in total. The molecule has 0 bridgehead atoms. The van der Waals surface area contributed by atoms with Crippen molar-refractivity contribution in [1.29, 1.82) is 0 Å². The fraction of sp³-hybridized carbons (Fsp3) is 0.385. The Morgan fingerprint density at radius 2 is 1.50 bits per heavy atom. The van der Waals surface area contributed by atoms with E-state index in [-0.39, 0.29) is 0 Å². The highest BCUT2D eigenvalue weighted by Crippen LogP contribution is 2.31. The maximum absolute atomic E-state index is 11.2. The lowest BCUT2D eigenvalue weighted by Crippen LogP contribution is -2.44. The van der Waals surface area contributed by atoms with Gasteiger partial charge in [-0.15, -0.1) is 0 Å². The minimum Gasteiger partial charge on any atom is -0.480 e. The third-order valence-electron chi connectivity index (χ3n) is 3.29. The van der Waals surface area contributed by atoms with Crippen LogP contribution in [0.2, 0.25) is 0 Å². The molecule has 2 atom stereocenters. The molecule has 1 saturated heterocycles. The van der Waals surface area contributed by atoms with Crippen molar-refractivity contribution in [2.24, 2.45) is 0 Å². The molecule has 1 heterocycles. The summed E-state index contributed by atoms with van der Waals surface area (Å²) in [6.07, 6.45) is 0.723. The molecule has 2 rings (SSSR count). The maximum atomic E-state index is 11.2. The van der Waals surface area contributed by atoms with Crippen molar-refractivity contribution < 1.29 is 19.8 Å². The first-order valence-electron chi connectivity index (χ1n) is 5.81. The fourth-order valence-electron chi connectivity index (χ4n) is 2.37. The second kappa shape index (κ2) is 4.68. The van der Waals surface area contributed by atoms with Gasteiger partial charge in [0, 0.05) is 5.69 Å². The molecule has 0 saturated carbocycles. The molecule has 0 spiro atoms. The number of carbonyl (C=O) groups is 2. The number of hydrogen-bond acceptors (Lipinski definition) is 3. The minimum atomic E-state index is -0.973. The van der Waals surface area contributed by atoms with Crippen molar-refractivity contribution in [2.45, 2.75) is 31.8 Å². The van der Waals surface area contributed by atoms with Gasteiger partial charge in [-0.25, -0.2) is 9.59 Å². The summed E-state index contributed by atoms with van der Waals surface area (Å²) >= 11 is 0. The molecule has 1 fully saturated rings. The van der Waals surface area contributed by atoms with Gasteiger partial charge in [-0.05, 0) is 31.9 Å². The number of rotatable bonds is 3. The Morgan fingerprint density at radius 3 is 1.89 bits per heavy atom. The van der Waals surface area contributed by atoms with Crippen molar-refractivity contribution in [3.05, 3.63) is 29.8 Å². The van der Waals surface area contributed by atoms with Gasteiger partial charge < -0.3 is 15.1 Å². The number of anilines is 1. The van der Waals surface area contributed by atoms with Crippen LogP contribution in [0.1, 0.15) is 18.4 Å². The smallest absolute Gasteiger partial charge is 0.326 e. The third-order valence-corrected chi connectivity index (χ3v) is 3.29. The molecule has 0 amide bonds. The molecule has 0 aliphatic carbocycles. The first-order valence-corrected chi connectivity index (χ1v) is 5.81. The molecule has 1 aromatic carbocycles. The summed E-state index contributed by atoms with van der Waals surface area (Å²) in [4.78, 5) is 23.9. The third kappa shape index (κ3) is 2.16. The zero-order valence-corrected chi connectivity index (χ0v) is 10.0. The molecule has 5 heteroatoms. The van der Waals surface area contributed by atoms with Crippen LogP contribution in [0.25, 0.3) is 0 Å². The van der Waals surface area contributed by atoms with E-state index in [1.807, 2.05) is 19.1 Å². The van der Waals surface area contributed by atoms with E-state index in [0.717, 1.165) is 5.56 Å². The summed E-state index contributed by atoms with van der Waals surface area (Å²) in [6, 6.07) is 5.73. The highest BCUT2D eigenvalue weighted by atomic mass is 16.4. The Hall–Kier alpha value is -2.04. The molecular formula is C13H15NO4. The van der Waals surface area contributed by atoms with Gasteiger partial charge in [-0.2, -0.15) is 0 Å². The molecule has 2 unspecified atom stereocenters. The summed E-state index contributed by atoms with van der Waals surface area (Å²) in [6.45, 7) is 1.93. The quantitative estimate of drug-likeness (QED) is 0.848. The van der Waals surface area contributed by atoms with Crippen LogP contribution < -0.4 is 4.90 Å². The maximum Gasteiger partial charge on any atom is 0.326 e. The number of carboxylic acids is 2. The largest absolute Gasteiger partial charge is 0.480 e. The number of hydrogen-bond donors (Lipinski definition) is 2. The zero-order valence-electron chi connectivity index (χ0n) is 10.0. The Kier molecular flexibility index (Phi) is 3.23. The zero-order chi connectivity index (χ0) is 13.3. The van der Waals surface area contributed by atoms with Crippen LogP contribution in [0.4, 0.5) is 5.69 Å². The Morgan fingerprint density at radius 1 is 1.06 bits per heavy atom. The molecule has 18 heavy (non-hydrogen) atoms. The minimum absolute atomic E-state index is 0.361.